The molecule has 1 unspecified atom stereocenters. The summed E-state index contributed by atoms with van der Waals surface area (Å²) in [5.74, 6) is 0. The number of hydrogen-bond donors (Lipinski definition) is 1. The van der Waals surface area contributed by atoms with Gasteiger partial charge < -0.3 is 10.5 Å². The van der Waals surface area contributed by atoms with Gasteiger partial charge in [-0.15, -0.1) is 12.4 Å². The second-order valence-corrected chi connectivity index (χ2v) is 6.22. The van der Waals surface area contributed by atoms with Crippen LogP contribution in [0.25, 0.3) is 0 Å². The Labute approximate surface area is 119 Å². The molecular formula is C10H19ClN4O3S. The number of rotatable bonds is 3. The number of morpholine rings is 1. The van der Waals surface area contributed by atoms with Crippen LogP contribution in [0.4, 0.5) is 0 Å². The van der Waals surface area contributed by atoms with E-state index in [2.05, 4.69) is 5.10 Å². The van der Waals surface area contributed by atoms with Gasteiger partial charge in [-0.1, -0.05) is 0 Å². The fourth-order valence-electron chi connectivity index (χ4n) is 1.92. The fourth-order valence-corrected chi connectivity index (χ4v) is 3.57. The molecule has 0 aliphatic carbocycles. The van der Waals surface area contributed by atoms with Crippen molar-refractivity contribution in [2.24, 2.45) is 12.8 Å². The van der Waals surface area contributed by atoms with Gasteiger partial charge in [0.2, 0.25) is 10.0 Å². The van der Waals surface area contributed by atoms with E-state index in [-0.39, 0.29) is 23.4 Å². The molecule has 0 amide bonds. The molecule has 1 fully saturated rings. The van der Waals surface area contributed by atoms with Crippen molar-refractivity contribution in [3.8, 4) is 0 Å². The molecule has 0 radical (unpaired) electrons. The lowest BCUT2D eigenvalue weighted by Crippen LogP contribution is -2.48. The maximum absolute atomic E-state index is 12.5. The average molecular weight is 311 g/mol. The zero-order valence-corrected chi connectivity index (χ0v) is 12.6. The van der Waals surface area contributed by atoms with Crippen molar-refractivity contribution in [2.45, 2.75) is 17.9 Å². The summed E-state index contributed by atoms with van der Waals surface area (Å²) in [6.45, 7) is 3.08. The molecule has 2 heterocycles. The molecule has 0 spiro atoms. The van der Waals surface area contributed by atoms with Crippen LogP contribution in [-0.2, 0) is 21.8 Å². The molecule has 2 N–H and O–H groups in total. The summed E-state index contributed by atoms with van der Waals surface area (Å²) in [5.41, 5.74) is 6.15. The Balaban J connectivity index is 0.00000180. The number of halogens is 1. The predicted octanol–water partition coefficient (Wildman–Crippen LogP) is -0.501. The highest BCUT2D eigenvalue weighted by atomic mass is 35.5. The van der Waals surface area contributed by atoms with Crippen LogP contribution < -0.4 is 5.73 Å². The minimum Gasteiger partial charge on any atom is -0.374 e. The topological polar surface area (TPSA) is 90.4 Å². The summed E-state index contributed by atoms with van der Waals surface area (Å²) in [7, 11) is -1.78. The van der Waals surface area contributed by atoms with Gasteiger partial charge in [-0.25, -0.2) is 8.42 Å². The molecule has 1 aliphatic rings. The lowest BCUT2D eigenvalue weighted by molar-refractivity contribution is 0.00449. The standard InChI is InChI=1S/C10H18N4O3S.ClH/c1-8-10(6-12-13(8)2)18(15,16)14-3-4-17-9(5-11)7-14;/h6,9H,3-5,7,11H2,1-2H3;1H. The van der Waals surface area contributed by atoms with Crippen LogP contribution in [-0.4, -0.2) is 54.8 Å². The van der Waals surface area contributed by atoms with Crippen LogP contribution >= 0.6 is 12.4 Å². The molecule has 0 bridgehead atoms. The molecule has 1 saturated heterocycles. The van der Waals surface area contributed by atoms with Gasteiger partial charge in [-0.05, 0) is 6.92 Å². The van der Waals surface area contributed by atoms with Crippen LogP contribution in [0.3, 0.4) is 0 Å². The van der Waals surface area contributed by atoms with E-state index < -0.39 is 10.0 Å². The summed E-state index contributed by atoms with van der Waals surface area (Å²) in [6.07, 6.45) is 1.16. The highest BCUT2D eigenvalue weighted by Crippen LogP contribution is 2.20. The Bertz CT molecular complexity index is 531. The van der Waals surface area contributed by atoms with Crippen molar-refractivity contribution >= 4 is 22.4 Å². The molecule has 7 nitrogen and oxygen atoms in total. The van der Waals surface area contributed by atoms with Gasteiger partial charge in [0.15, 0.2) is 0 Å². The maximum Gasteiger partial charge on any atom is 0.246 e. The summed E-state index contributed by atoms with van der Waals surface area (Å²) >= 11 is 0. The first-order valence-corrected chi connectivity index (χ1v) is 7.21. The number of aromatic nitrogens is 2. The van der Waals surface area contributed by atoms with E-state index in [9.17, 15) is 8.42 Å². The van der Waals surface area contributed by atoms with Crippen LogP contribution in [0.2, 0.25) is 0 Å². The first-order chi connectivity index (χ1) is 8.46. The van der Waals surface area contributed by atoms with Gasteiger partial charge in [-0.3, -0.25) is 4.68 Å². The number of ether oxygens (including phenoxy) is 1. The van der Waals surface area contributed by atoms with Crippen molar-refractivity contribution < 1.29 is 13.2 Å². The highest BCUT2D eigenvalue weighted by molar-refractivity contribution is 7.89. The number of hydrogen-bond acceptors (Lipinski definition) is 5. The van der Waals surface area contributed by atoms with E-state index >= 15 is 0 Å². The minimum atomic E-state index is -3.50. The Morgan fingerprint density at radius 2 is 2.26 bits per heavy atom. The fraction of sp³-hybridized carbons (Fsp3) is 0.700. The molecule has 1 aromatic rings. The van der Waals surface area contributed by atoms with Gasteiger partial charge in [0.05, 0.1) is 24.6 Å². The summed E-state index contributed by atoms with van der Waals surface area (Å²) in [4.78, 5) is 0.252. The molecule has 0 saturated carbocycles. The molecule has 19 heavy (non-hydrogen) atoms. The van der Waals surface area contributed by atoms with E-state index in [1.807, 2.05) is 0 Å². The molecule has 9 heteroatoms. The van der Waals surface area contributed by atoms with Gasteiger partial charge in [0.25, 0.3) is 0 Å². The number of sulfonamides is 1. The zero-order valence-electron chi connectivity index (χ0n) is 10.9. The van der Waals surface area contributed by atoms with E-state index in [0.29, 0.717) is 31.9 Å². The van der Waals surface area contributed by atoms with E-state index in [1.165, 1.54) is 10.5 Å². The lowest BCUT2D eigenvalue weighted by Gasteiger charge is -2.31. The largest absolute Gasteiger partial charge is 0.374 e. The highest BCUT2D eigenvalue weighted by Gasteiger charge is 2.32. The van der Waals surface area contributed by atoms with E-state index in [0.717, 1.165) is 0 Å². The third-order valence-electron chi connectivity index (χ3n) is 3.17. The number of nitrogens with two attached hydrogens (primary N) is 1. The van der Waals surface area contributed by atoms with Crippen LogP contribution in [0, 0.1) is 6.92 Å². The maximum atomic E-state index is 12.5. The predicted molar refractivity (Wildman–Crippen MR) is 72.7 cm³/mol. The quantitative estimate of drug-likeness (QED) is 0.812. The first-order valence-electron chi connectivity index (χ1n) is 5.77. The summed E-state index contributed by atoms with van der Waals surface area (Å²) in [6, 6.07) is 0. The third kappa shape index (κ3) is 3.09. The minimum absolute atomic E-state index is 0. The zero-order chi connectivity index (χ0) is 13.3. The second kappa shape index (κ2) is 6.19. The normalized spacial score (nSPS) is 21.1. The second-order valence-electron chi connectivity index (χ2n) is 4.31. The van der Waals surface area contributed by atoms with Crippen LogP contribution in [0.15, 0.2) is 11.1 Å². The molecule has 1 aliphatic heterocycles. The molecular weight excluding hydrogens is 292 g/mol. The first kappa shape index (κ1) is 16.4. The summed E-state index contributed by atoms with van der Waals surface area (Å²) in [5, 5.41) is 3.97. The Morgan fingerprint density at radius 3 is 2.79 bits per heavy atom. The van der Waals surface area contributed by atoms with Crippen LogP contribution in [0.1, 0.15) is 5.69 Å². The Kier molecular flexibility index (Phi) is 5.34. The van der Waals surface area contributed by atoms with Crippen LogP contribution in [0.5, 0.6) is 0 Å². The average Bonchev–Trinajstić information content (AvgIpc) is 2.70. The third-order valence-corrected chi connectivity index (χ3v) is 5.14. The Morgan fingerprint density at radius 1 is 1.58 bits per heavy atom. The van der Waals surface area contributed by atoms with Gasteiger partial charge in [0, 0.05) is 26.7 Å². The Hall–Kier alpha value is -0.670. The van der Waals surface area contributed by atoms with E-state index in [4.69, 9.17) is 10.5 Å². The molecule has 110 valence electrons. The molecule has 1 atom stereocenters. The smallest absolute Gasteiger partial charge is 0.246 e. The van der Waals surface area contributed by atoms with Gasteiger partial charge in [0.1, 0.15) is 4.90 Å². The molecule has 0 aromatic carbocycles. The van der Waals surface area contributed by atoms with Gasteiger partial charge >= 0.3 is 0 Å². The molecule has 1 aromatic heterocycles. The number of nitrogens with zero attached hydrogens (tertiary/aromatic N) is 3. The lowest BCUT2D eigenvalue weighted by atomic mass is 10.3. The van der Waals surface area contributed by atoms with Crippen molar-refractivity contribution in [3.63, 3.8) is 0 Å². The number of aryl methyl sites for hydroxylation is 1. The summed E-state index contributed by atoms with van der Waals surface area (Å²) < 4.78 is 33.3. The van der Waals surface area contributed by atoms with Gasteiger partial charge in [-0.2, -0.15) is 9.40 Å². The van der Waals surface area contributed by atoms with E-state index in [1.54, 1.807) is 18.7 Å². The molecule has 2 rings (SSSR count). The van der Waals surface area contributed by atoms with Crippen molar-refractivity contribution in [1.82, 2.24) is 14.1 Å². The SMILES string of the molecule is Cc1c(S(=O)(=O)N2CCOC(CN)C2)cnn1C.Cl. The van der Waals surface area contributed by atoms with Crippen molar-refractivity contribution in [2.75, 3.05) is 26.2 Å². The van der Waals surface area contributed by atoms with Crippen molar-refractivity contribution in [1.29, 1.82) is 0 Å². The van der Waals surface area contributed by atoms with Crippen molar-refractivity contribution in [3.05, 3.63) is 11.9 Å². The monoisotopic (exact) mass is 310 g/mol.